The molecule has 3 aromatic rings. The predicted octanol–water partition coefficient (Wildman–Crippen LogP) is 2.09. The smallest absolute Gasteiger partial charge is 0.337 e. The van der Waals surface area contributed by atoms with Crippen molar-refractivity contribution >= 4 is 35.0 Å². The highest BCUT2D eigenvalue weighted by Crippen LogP contribution is 2.24. The molecule has 0 saturated heterocycles. The Kier molecular flexibility index (Phi) is 6.14. The van der Waals surface area contributed by atoms with Gasteiger partial charge in [0.15, 0.2) is 0 Å². The van der Waals surface area contributed by atoms with Crippen LogP contribution in [0.5, 0.6) is 0 Å². The minimum Gasteiger partial charge on any atom is -0.465 e. The van der Waals surface area contributed by atoms with Crippen molar-refractivity contribution in [3.63, 3.8) is 0 Å². The molecule has 0 atom stereocenters. The van der Waals surface area contributed by atoms with Gasteiger partial charge in [-0.3, -0.25) is 14.9 Å². The maximum absolute atomic E-state index is 12.2. The molecule has 0 aliphatic carbocycles. The number of carbonyl (C=O) groups is 2. The van der Waals surface area contributed by atoms with Crippen molar-refractivity contribution in [1.29, 1.82) is 0 Å². The molecule has 2 aromatic carbocycles. The van der Waals surface area contributed by atoms with Crippen LogP contribution in [0.4, 0.5) is 11.4 Å². The highest BCUT2D eigenvalue weighted by molar-refractivity contribution is 7.99. The van der Waals surface area contributed by atoms with E-state index in [0.717, 1.165) is 11.8 Å². The number of hydrogen-bond acceptors (Lipinski definition) is 9. The zero-order chi connectivity index (χ0) is 20.8. The van der Waals surface area contributed by atoms with Crippen LogP contribution in [0.2, 0.25) is 0 Å². The van der Waals surface area contributed by atoms with Gasteiger partial charge in [0, 0.05) is 6.07 Å². The molecule has 0 radical (unpaired) electrons. The van der Waals surface area contributed by atoms with Crippen molar-refractivity contribution in [3.05, 3.63) is 64.2 Å². The van der Waals surface area contributed by atoms with Gasteiger partial charge < -0.3 is 10.1 Å². The first kappa shape index (κ1) is 19.9. The molecule has 0 aliphatic heterocycles. The number of hydrogen-bond donors (Lipinski definition) is 1. The Morgan fingerprint density at radius 3 is 2.79 bits per heavy atom. The van der Waals surface area contributed by atoms with Crippen molar-refractivity contribution in [3.8, 4) is 5.69 Å². The van der Waals surface area contributed by atoms with Crippen LogP contribution in [0.25, 0.3) is 5.69 Å². The Bertz CT molecular complexity index is 1070. The van der Waals surface area contributed by atoms with Gasteiger partial charge in [0.1, 0.15) is 5.69 Å². The molecule has 12 heteroatoms. The van der Waals surface area contributed by atoms with Gasteiger partial charge in [0.25, 0.3) is 5.69 Å². The maximum atomic E-state index is 12.2. The van der Waals surface area contributed by atoms with Gasteiger partial charge in [0.2, 0.25) is 11.1 Å². The SMILES string of the molecule is COC(=O)c1cccc(-n2nnnc2SCC(=O)Nc2ccccc2[N+](=O)[O-])c1. The van der Waals surface area contributed by atoms with E-state index in [4.69, 9.17) is 4.74 Å². The number of thioether (sulfide) groups is 1. The fourth-order valence-electron chi connectivity index (χ4n) is 2.37. The van der Waals surface area contributed by atoms with Gasteiger partial charge in [-0.15, -0.1) is 5.10 Å². The molecule has 0 saturated carbocycles. The van der Waals surface area contributed by atoms with Crippen LogP contribution in [0.3, 0.4) is 0 Å². The molecular formula is C17H14N6O5S. The number of para-hydroxylation sites is 2. The number of ether oxygens (including phenoxy) is 1. The number of nitrogens with zero attached hydrogens (tertiary/aromatic N) is 5. The van der Waals surface area contributed by atoms with Gasteiger partial charge in [-0.1, -0.05) is 30.0 Å². The molecular weight excluding hydrogens is 400 g/mol. The summed E-state index contributed by atoms with van der Waals surface area (Å²) in [6.07, 6.45) is 0. The van der Waals surface area contributed by atoms with Crippen LogP contribution >= 0.6 is 11.8 Å². The average Bonchev–Trinajstić information content (AvgIpc) is 3.20. The van der Waals surface area contributed by atoms with Gasteiger partial charge >= 0.3 is 5.97 Å². The summed E-state index contributed by atoms with van der Waals surface area (Å²) in [6, 6.07) is 12.3. The van der Waals surface area contributed by atoms with Crippen molar-refractivity contribution in [1.82, 2.24) is 20.2 Å². The van der Waals surface area contributed by atoms with E-state index in [1.807, 2.05) is 0 Å². The van der Waals surface area contributed by atoms with E-state index < -0.39 is 16.8 Å². The highest BCUT2D eigenvalue weighted by atomic mass is 32.2. The summed E-state index contributed by atoms with van der Waals surface area (Å²) >= 11 is 1.04. The first-order chi connectivity index (χ1) is 14.0. The highest BCUT2D eigenvalue weighted by Gasteiger charge is 2.17. The summed E-state index contributed by atoms with van der Waals surface area (Å²) in [4.78, 5) is 34.4. The van der Waals surface area contributed by atoms with Gasteiger partial charge in [-0.25, -0.2) is 4.79 Å². The van der Waals surface area contributed by atoms with E-state index in [-0.39, 0.29) is 17.1 Å². The third-order valence-electron chi connectivity index (χ3n) is 3.66. The van der Waals surface area contributed by atoms with Crippen LogP contribution in [-0.4, -0.2) is 49.9 Å². The average molecular weight is 414 g/mol. The number of carbonyl (C=O) groups excluding carboxylic acids is 2. The monoisotopic (exact) mass is 414 g/mol. The third kappa shape index (κ3) is 4.73. The van der Waals surface area contributed by atoms with Gasteiger partial charge in [0.05, 0.1) is 29.0 Å². The number of rotatable bonds is 7. The zero-order valence-corrected chi connectivity index (χ0v) is 15.8. The third-order valence-corrected chi connectivity index (χ3v) is 4.58. The molecule has 1 N–H and O–H groups in total. The summed E-state index contributed by atoms with van der Waals surface area (Å²) in [5, 5.41) is 25.2. The number of anilines is 1. The minimum absolute atomic E-state index is 0.0802. The Balaban J connectivity index is 1.71. The molecule has 0 bridgehead atoms. The molecule has 1 heterocycles. The van der Waals surface area contributed by atoms with E-state index in [9.17, 15) is 19.7 Å². The fraction of sp³-hybridized carbons (Fsp3) is 0.118. The second-order valence-electron chi connectivity index (χ2n) is 5.53. The molecule has 29 heavy (non-hydrogen) atoms. The summed E-state index contributed by atoms with van der Waals surface area (Å²) in [5.41, 5.74) is 0.744. The lowest BCUT2D eigenvalue weighted by Crippen LogP contribution is -2.15. The Morgan fingerprint density at radius 1 is 1.24 bits per heavy atom. The predicted molar refractivity (Wildman–Crippen MR) is 103 cm³/mol. The van der Waals surface area contributed by atoms with Crippen molar-refractivity contribution < 1.29 is 19.2 Å². The summed E-state index contributed by atoms with van der Waals surface area (Å²) < 4.78 is 6.07. The maximum Gasteiger partial charge on any atom is 0.337 e. The normalized spacial score (nSPS) is 10.4. The fourth-order valence-corrected chi connectivity index (χ4v) is 3.06. The lowest BCUT2D eigenvalue weighted by Gasteiger charge is -2.07. The molecule has 1 amide bonds. The molecule has 0 aliphatic rings. The lowest BCUT2D eigenvalue weighted by molar-refractivity contribution is -0.383. The van der Waals surface area contributed by atoms with Crippen molar-refractivity contribution in [2.45, 2.75) is 5.16 Å². The van der Waals surface area contributed by atoms with Gasteiger partial charge in [-0.05, 0) is 34.7 Å². The van der Waals surface area contributed by atoms with E-state index >= 15 is 0 Å². The van der Waals surface area contributed by atoms with E-state index in [0.29, 0.717) is 16.4 Å². The lowest BCUT2D eigenvalue weighted by atomic mass is 10.2. The van der Waals surface area contributed by atoms with Crippen molar-refractivity contribution in [2.75, 3.05) is 18.2 Å². The largest absolute Gasteiger partial charge is 0.465 e. The minimum atomic E-state index is -0.572. The molecule has 0 spiro atoms. The Hall–Kier alpha value is -3.80. The number of benzene rings is 2. The topological polar surface area (TPSA) is 142 Å². The van der Waals surface area contributed by atoms with E-state index in [1.54, 1.807) is 30.3 Å². The number of amides is 1. The molecule has 148 valence electrons. The number of tetrazole rings is 1. The van der Waals surface area contributed by atoms with Crippen LogP contribution in [0, 0.1) is 10.1 Å². The zero-order valence-electron chi connectivity index (χ0n) is 15.0. The van der Waals surface area contributed by atoms with E-state index in [2.05, 4.69) is 20.8 Å². The summed E-state index contributed by atoms with van der Waals surface area (Å²) in [7, 11) is 1.28. The molecule has 3 rings (SSSR count). The number of aromatic nitrogens is 4. The molecule has 0 unspecified atom stereocenters. The Morgan fingerprint density at radius 2 is 2.03 bits per heavy atom. The van der Waals surface area contributed by atoms with Crippen molar-refractivity contribution in [2.24, 2.45) is 0 Å². The number of nitro benzene ring substituents is 1. The summed E-state index contributed by atoms with van der Waals surface area (Å²) in [5.74, 6) is -1.04. The molecule has 0 fully saturated rings. The molecule has 1 aromatic heterocycles. The second kappa shape index (κ2) is 8.93. The van der Waals surface area contributed by atoms with E-state index in [1.165, 1.54) is 30.0 Å². The van der Waals surface area contributed by atoms with Gasteiger partial charge in [-0.2, -0.15) is 4.68 Å². The van der Waals surface area contributed by atoms with Crippen LogP contribution < -0.4 is 5.32 Å². The number of esters is 1. The molecule has 11 nitrogen and oxygen atoms in total. The summed E-state index contributed by atoms with van der Waals surface area (Å²) in [6.45, 7) is 0. The first-order valence-electron chi connectivity index (χ1n) is 8.13. The van der Waals surface area contributed by atoms with Crippen LogP contribution in [0.1, 0.15) is 10.4 Å². The standard InChI is InChI=1S/C17H14N6O5S/c1-28-16(25)11-5-4-6-12(9-11)22-17(19-20-21-22)29-10-15(24)18-13-7-2-3-8-14(13)23(26)27/h2-9H,10H2,1H3,(H,18,24). The first-order valence-corrected chi connectivity index (χ1v) is 9.11. The number of methoxy groups -OCH3 is 1. The number of nitrogens with one attached hydrogen (secondary N) is 1. The van der Waals surface area contributed by atoms with Crippen LogP contribution in [0.15, 0.2) is 53.7 Å². The number of nitro groups is 1. The Labute approximate surface area is 168 Å². The second-order valence-corrected chi connectivity index (χ2v) is 6.47. The van der Waals surface area contributed by atoms with Crippen LogP contribution in [-0.2, 0) is 9.53 Å². The quantitative estimate of drug-likeness (QED) is 0.266.